The maximum absolute atomic E-state index is 11.4. The Kier molecular flexibility index (Phi) is 3.47. The van der Waals surface area contributed by atoms with Gasteiger partial charge in [0.25, 0.3) is 0 Å². The monoisotopic (exact) mass is 212 g/mol. The molecule has 0 spiro atoms. The van der Waals surface area contributed by atoms with Crippen LogP contribution in [0, 0.1) is 0 Å². The molecule has 5 nitrogen and oxygen atoms in total. The Bertz CT molecular complexity index is 292. The summed E-state index contributed by atoms with van der Waals surface area (Å²) in [4.78, 5) is 22.2. The summed E-state index contributed by atoms with van der Waals surface area (Å²) in [5.74, 6) is -0.329. The quantitative estimate of drug-likeness (QED) is 0.664. The van der Waals surface area contributed by atoms with Crippen molar-refractivity contribution < 1.29 is 14.3 Å². The average molecular weight is 212 g/mol. The Morgan fingerprint density at radius 1 is 1.60 bits per heavy atom. The molecular weight excluding hydrogens is 196 g/mol. The first kappa shape index (κ1) is 11.7. The maximum Gasteiger partial charge on any atom is 0.327 e. The largest absolute Gasteiger partial charge is 0.459 e. The molecular formula is C10H16N2O3. The molecule has 0 saturated heterocycles. The van der Waals surface area contributed by atoms with Crippen molar-refractivity contribution in [3.63, 3.8) is 0 Å². The lowest BCUT2D eigenvalue weighted by molar-refractivity contribution is -0.156. The van der Waals surface area contributed by atoms with Gasteiger partial charge < -0.3 is 9.75 Å². The molecule has 5 heteroatoms. The fourth-order valence-corrected chi connectivity index (χ4v) is 1.09. The van der Waals surface area contributed by atoms with Gasteiger partial charge in [-0.1, -0.05) is 0 Å². The van der Waals surface area contributed by atoms with Crippen LogP contribution in [0.15, 0.2) is 12.3 Å². The topological polar surface area (TPSA) is 58.6 Å². The lowest BCUT2D eigenvalue weighted by Gasteiger charge is -2.25. The molecule has 0 fully saturated rings. The van der Waals surface area contributed by atoms with Crippen molar-refractivity contribution in [1.82, 2.24) is 10.4 Å². The Morgan fingerprint density at radius 3 is 2.73 bits per heavy atom. The van der Waals surface area contributed by atoms with E-state index in [0.717, 1.165) is 0 Å². The van der Waals surface area contributed by atoms with E-state index >= 15 is 0 Å². The van der Waals surface area contributed by atoms with E-state index in [1.165, 1.54) is 17.3 Å². The van der Waals surface area contributed by atoms with Crippen LogP contribution in [0.1, 0.15) is 20.8 Å². The highest BCUT2D eigenvalue weighted by Gasteiger charge is 2.19. The van der Waals surface area contributed by atoms with E-state index in [-0.39, 0.29) is 24.8 Å². The number of hydrazine groups is 1. The van der Waals surface area contributed by atoms with Gasteiger partial charge >= 0.3 is 5.97 Å². The van der Waals surface area contributed by atoms with Gasteiger partial charge in [-0.2, -0.15) is 0 Å². The molecule has 0 aromatic heterocycles. The summed E-state index contributed by atoms with van der Waals surface area (Å²) < 4.78 is 5.13. The zero-order valence-electron chi connectivity index (χ0n) is 9.24. The Morgan fingerprint density at radius 2 is 2.27 bits per heavy atom. The van der Waals surface area contributed by atoms with Gasteiger partial charge in [0.15, 0.2) is 5.78 Å². The van der Waals surface area contributed by atoms with Crippen LogP contribution in [-0.4, -0.2) is 35.5 Å². The zero-order chi connectivity index (χ0) is 11.5. The molecule has 1 heterocycles. The smallest absolute Gasteiger partial charge is 0.327 e. The van der Waals surface area contributed by atoms with Crippen LogP contribution in [0.25, 0.3) is 0 Å². The molecule has 1 aliphatic heterocycles. The number of carbonyl (C=O) groups excluding carboxylic acids is 2. The third-order valence-corrected chi connectivity index (χ3v) is 1.62. The van der Waals surface area contributed by atoms with Gasteiger partial charge in [0, 0.05) is 6.20 Å². The third kappa shape index (κ3) is 4.60. The highest BCUT2D eigenvalue weighted by molar-refractivity contribution is 5.91. The third-order valence-electron chi connectivity index (χ3n) is 1.62. The summed E-state index contributed by atoms with van der Waals surface area (Å²) in [6.45, 7) is 5.76. The normalized spacial score (nSPS) is 16.7. The van der Waals surface area contributed by atoms with Gasteiger partial charge in [0.2, 0.25) is 0 Å². The molecule has 0 radical (unpaired) electrons. The van der Waals surface area contributed by atoms with E-state index in [0.29, 0.717) is 0 Å². The summed E-state index contributed by atoms with van der Waals surface area (Å²) in [5.41, 5.74) is 2.30. The van der Waals surface area contributed by atoms with Crippen molar-refractivity contribution in [2.24, 2.45) is 0 Å². The molecule has 0 saturated carbocycles. The predicted octanol–water partition coefficient (Wildman–Crippen LogP) is 0.231. The van der Waals surface area contributed by atoms with E-state index in [4.69, 9.17) is 4.74 Å². The molecule has 0 atom stereocenters. The van der Waals surface area contributed by atoms with Crippen LogP contribution < -0.4 is 5.43 Å². The first-order chi connectivity index (χ1) is 6.87. The van der Waals surface area contributed by atoms with Crippen molar-refractivity contribution in [3.8, 4) is 0 Å². The van der Waals surface area contributed by atoms with Gasteiger partial charge in [0.05, 0.1) is 6.54 Å². The number of nitrogens with zero attached hydrogens (tertiary/aromatic N) is 1. The minimum Gasteiger partial charge on any atom is -0.459 e. The second kappa shape index (κ2) is 4.44. The summed E-state index contributed by atoms with van der Waals surface area (Å²) in [5, 5.41) is 1.54. The summed E-state index contributed by atoms with van der Waals surface area (Å²) >= 11 is 0. The van der Waals surface area contributed by atoms with E-state index in [9.17, 15) is 9.59 Å². The number of rotatable bonds is 2. The van der Waals surface area contributed by atoms with Crippen molar-refractivity contribution in [2.45, 2.75) is 26.4 Å². The standard InChI is InChI=1S/C10H16N2O3/c1-10(2,3)15-9(14)7-12-5-4-8(13)6-11-12/h4-5,11H,6-7H2,1-3H3. The van der Waals surface area contributed by atoms with Gasteiger partial charge in [0.1, 0.15) is 12.1 Å². The molecule has 15 heavy (non-hydrogen) atoms. The molecule has 0 aromatic rings. The maximum atomic E-state index is 11.4. The summed E-state index contributed by atoms with van der Waals surface area (Å²) in [7, 11) is 0. The first-order valence-electron chi connectivity index (χ1n) is 4.80. The molecule has 0 aromatic carbocycles. The van der Waals surface area contributed by atoms with Crippen LogP contribution >= 0.6 is 0 Å². The fourth-order valence-electron chi connectivity index (χ4n) is 1.09. The average Bonchev–Trinajstić information content (AvgIpc) is 2.05. The molecule has 0 unspecified atom stereocenters. The van der Waals surface area contributed by atoms with Gasteiger partial charge in [-0.3, -0.25) is 9.59 Å². The molecule has 0 bridgehead atoms. The molecule has 1 N–H and O–H groups in total. The number of hydrogen-bond donors (Lipinski definition) is 1. The number of nitrogens with one attached hydrogen (secondary N) is 1. The van der Waals surface area contributed by atoms with Crippen LogP contribution in [0.2, 0.25) is 0 Å². The van der Waals surface area contributed by atoms with E-state index in [1.54, 1.807) is 0 Å². The highest BCUT2D eigenvalue weighted by Crippen LogP contribution is 2.07. The minimum atomic E-state index is -0.480. The van der Waals surface area contributed by atoms with Crippen LogP contribution in [0.3, 0.4) is 0 Å². The van der Waals surface area contributed by atoms with E-state index < -0.39 is 5.60 Å². The van der Waals surface area contributed by atoms with Crippen LogP contribution in [0.4, 0.5) is 0 Å². The van der Waals surface area contributed by atoms with Gasteiger partial charge in [-0.25, -0.2) is 5.43 Å². The van der Waals surface area contributed by atoms with E-state index in [2.05, 4.69) is 5.43 Å². The predicted molar refractivity (Wildman–Crippen MR) is 54.7 cm³/mol. The number of hydrogen-bond acceptors (Lipinski definition) is 5. The van der Waals surface area contributed by atoms with Crippen molar-refractivity contribution >= 4 is 11.8 Å². The zero-order valence-corrected chi connectivity index (χ0v) is 9.24. The number of ether oxygens (including phenoxy) is 1. The molecule has 1 aliphatic rings. The van der Waals surface area contributed by atoms with Crippen molar-refractivity contribution in [2.75, 3.05) is 13.1 Å². The highest BCUT2D eigenvalue weighted by atomic mass is 16.6. The first-order valence-corrected chi connectivity index (χ1v) is 4.80. The molecule has 0 amide bonds. The SMILES string of the molecule is CC(C)(C)OC(=O)CN1C=CC(=O)CN1. The number of ketones is 1. The minimum absolute atomic E-state index is 0.00422. The Hall–Kier alpha value is -1.36. The summed E-state index contributed by atoms with van der Waals surface area (Å²) in [6.07, 6.45) is 2.97. The Labute approximate surface area is 89.0 Å². The molecule has 0 aliphatic carbocycles. The lowest BCUT2D eigenvalue weighted by atomic mass is 10.2. The van der Waals surface area contributed by atoms with Gasteiger partial charge in [-0.05, 0) is 26.8 Å². The van der Waals surface area contributed by atoms with Crippen molar-refractivity contribution in [3.05, 3.63) is 12.3 Å². The van der Waals surface area contributed by atoms with Crippen molar-refractivity contribution in [1.29, 1.82) is 0 Å². The lowest BCUT2D eigenvalue weighted by Crippen LogP contribution is -2.44. The van der Waals surface area contributed by atoms with Crippen LogP contribution in [0.5, 0.6) is 0 Å². The van der Waals surface area contributed by atoms with Gasteiger partial charge in [-0.15, -0.1) is 0 Å². The van der Waals surface area contributed by atoms with E-state index in [1.807, 2.05) is 20.8 Å². The Balaban J connectivity index is 2.39. The number of esters is 1. The fraction of sp³-hybridized carbons (Fsp3) is 0.600. The molecule has 1 rings (SSSR count). The second-order valence-electron chi connectivity index (χ2n) is 4.33. The van der Waals surface area contributed by atoms with Crippen LogP contribution in [-0.2, 0) is 14.3 Å². The molecule has 84 valence electrons. The second-order valence-corrected chi connectivity index (χ2v) is 4.33. The summed E-state index contributed by atoms with van der Waals surface area (Å²) in [6, 6.07) is 0. The number of carbonyl (C=O) groups is 2.